The molecule has 0 aromatic heterocycles. The quantitative estimate of drug-likeness (QED) is 0.504. The Balaban J connectivity index is 0.00000121. The molecular weight excluding hydrogens is 300 g/mol. The highest BCUT2D eigenvalue weighted by atomic mass is 16.5. The van der Waals surface area contributed by atoms with Crippen molar-refractivity contribution in [1.82, 2.24) is 0 Å². The lowest BCUT2D eigenvalue weighted by molar-refractivity contribution is -0.148. The van der Waals surface area contributed by atoms with Gasteiger partial charge in [-0.05, 0) is 61.7 Å². The van der Waals surface area contributed by atoms with Crippen LogP contribution in [0.15, 0.2) is 11.6 Å². The van der Waals surface area contributed by atoms with Crippen molar-refractivity contribution in [2.75, 3.05) is 0 Å². The van der Waals surface area contributed by atoms with Gasteiger partial charge >= 0.3 is 5.97 Å². The first-order valence-corrected chi connectivity index (χ1v) is 9.74. The molecule has 0 bridgehead atoms. The predicted octanol–water partition coefficient (Wildman–Crippen LogP) is 4.94. The van der Waals surface area contributed by atoms with Crippen LogP contribution in [0.25, 0.3) is 0 Å². The Hall–Kier alpha value is -1.12. The monoisotopic (exact) mass is 334 g/mol. The van der Waals surface area contributed by atoms with Crippen LogP contribution in [-0.4, -0.2) is 17.9 Å². The van der Waals surface area contributed by atoms with Crippen LogP contribution >= 0.6 is 0 Å². The summed E-state index contributed by atoms with van der Waals surface area (Å²) in [5.74, 6) is 2.33. The molecule has 6 atom stereocenters. The molecule has 136 valence electrons. The van der Waals surface area contributed by atoms with E-state index in [4.69, 9.17) is 4.74 Å². The maximum Gasteiger partial charge on any atom is 0.302 e. The van der Waals surface area contributed by atoms with Crippen LogP contribution in [0.4, 0.5) is 0 Å². The second kappa shape index (κ2) is 5.44. The summed E-state index contributed by atoms with van der Waals surface area (Å²) >= 11 is 0. The number of fused-ring (bicyclic) bond motifs is 5. The molecule has 4 rings (SSSR count). The lowest BCUT2D eigenvalue weighted by Gasteiger charge is -2.56. The molecular formula is C21H34O3. The van der Waals surface area contributed by atoms with E-state index in [0.29, 0.717) is 23.5 Å². The fraction of sp³-hybridized carbons (Fsp3) is 0.810. The summed E-state index contributed by atoms with van der Waals surface area (Å²) in [4.78, 5) is 23.7. The van der Waals surface area contributed by atoms with E-state index in [1.165, 1.54) is 18.9 Å². The first kappa shape index (κ1) is 16.4. The van der Waals surface area contributed by atoms with Crippen molar-refractivity contribution in [3.63, 3.8) is 0 Å². The molecule has 0 aliphatic heterocycles. The zero-order valence-electron chi connectivity index (χ0n) is 15.3. The van der Waals surface area contributed by atoms with Crippen molar-refractivity contribution in [3.8, 4) is 0 Å². The molecule has 3 nitrogen and oxygen atoms in total. The lowest BCUT2D eigenvalue weighted by atomic mass is 9.48. The minimum atomic E-state index is -0.157. The van der Waals surface area contributed by atoms with E-state index >= 15 is 0 Å². The minimum Gasteiger partial charge on any atom is -0.462 e. The van der Waals surface area contributed by atoms with Crippen molar-refractivity contribution in [3.05, 3.63) is 11.6 Å². The molecule has 3 fully saturated rings. The van der Waals surface area contributed by atoms with Gasteiger partial charge in [0.15, 0.2) is 0 Å². The number of Topliss-reactive ketones (excluding diaryl/α,β-unsaturated/α-hetero) is 1. The van der Waals surface area contributed by atoms with Crippen LogP contribution in [0, 0.1) is 28.6 Å². The molecule has 4 aliphatic carbocycles. The highest BCUT2D eigenvalue weighted by molar-refractivity contribution is 5.87. The molecule has 0 saturated heterocycles. The second-order valence-corrected chi connectivity index (χ2v) is 9.15. The average molecular weight is 335 g/mol. The number of esters is 1. The summed E-state index contributed by atoms with van der Waals surface area (Å²) < 4.78 is 5.50. The van der Waals surface area contributed by atoms with E-state index in [0.717, 1.165) is 44.9 Å². The average Bonchev–Trinajstić information content (AvgIpc) is 2.83. The molecule has 4 aliphatic rings. The molecule has 3 heteroatoms. The molecule has 0 amide bonds. The van der Waals surface area contributed by atoms with Crippen molar-refractivity contribution < 1.29 is 17.2 Å². The largest absolute Gasteiger partial charge is 0.462 e. The number of carbonyl (C=O) groups excluding carboxylic acids is 2. The van der Waals surface area contributed by atoms with Crippen LogP contribution in [0.3, 0.4) is 0 Å². The Morgan fingerprint density at radius 1 is 1.17 bits per heavy atom. The zero-order valence-corrected chi connectivity index (χ0v) is 15.3. The molecule has 24 heavy (non-hydrogen) atoms. The third-order valence-electron chi connectivity index (χ3n) is 8.10. The van der Waals surface area contributed by atoms with E-state index in [-0.39, 0.29) is 25.8 Å². The van der Waals surface area contributed by atoms with Gasteiger partial charge < -0.3 is 4.74 Å². The van der Waals surface area contributed by atoms with Gasteiger partial charge in [-0.3, -0.25) is 9.59 Å². The molecule has 0 radical (unpaired) electrons. The minimum absolute atomic E-state index is 0. The lowest BCUT2D eigenvalue weighted by Crippen LogP contribution is -2.50. The number of carbonyl (C=O) groups is 2. The van der Waals surface area contributed by atoms with Crippen LogP contribution in [0.1, 0.15) is 75.0 Å². The molecule has 0 spiro atoms. The summed E-state index contributed by atoms with van der Waals surface area (Å²) in [6.45, 7) is 6.19. The van der Waals surface area contributed by atoms with Gasteiger partial charge in [-0.2, -0.15) is 0 Å². The van der Waals surface area contributed by atoms with Crippen molar-refractivity contribution in [2.45, 2.75) is 78.2 Å². The van der Waals surface area contributed by atoms with E-state index in [9.17, 15) is 9.59 Å². The maximum atomic E-state index is 12.4. The summed E-state index contributed by atoms with van der Waals surface area (Å²) in [6.07, 6.45) is 10.8. The van der Waals surface area contributed by atoms with Crippen molar-refractivity contribution >= 4 is 11.8 Å². The van der Waals surface area contributed by atoms with Gasteiger partial charge in [0.05, 0.1) is 0 Å². The third kappa shape index (κ3) is 2.23. The third-order valence-corrected chi connectivity index (χ3v) is 8.10. The highest BCUT2D eigenvalue weighted by Gasteiger charge is 2.58. The van der Waals surface area contributed by atoms with Gasteiger partial charge in [0.1, 0.15) is 11.9 Å². The van der Waals surface area contributed by atoms with Gasteiger partial charge in [0.2, 0.25) is 0 Å². The molecule has 0 heterocycles. The summed E-state index contributed by atoms with van der Waals surface area (Å²) in [6, 6.07) is 0. The molecule has 3 unspecified atom stereocenters. The smallest absolute Gasteiger partial charge is 0.302 e. The number of rotatable bonds is 1. The first-order chi connectivity index (χ1) is 11.3. The maximum absolute atomic E-state index is 12.4. The molecule has 0 aromatic rings. The number of allylic oxidation sites excluding steroid dienone is 1. The predicted molar refractivity (Wildman–Crippen MR) is 96.5 cm³/mol. The summed E-state index contributed by atoms with van der Waals surface area (Å²) in [5.41, 5.74) is 1.74. The van der Waals surface area contributed by atoms with Gasteiger partial charge in [-0.15, -0.1) is 0 Å². The number of hydrogen-bond donors (Lipinski definition) is 0. The van der Waals surface area contributed by atoms with E-state index < -0.39 is 0 Å². The van der Waals surface area contributed by atoms with E-state index in [2.05, 4.69) is 19.9 Å². The van der Waals surface area contributed by atoms with Crippen molar-refractivity contribution in [2.24, 2.45) is 28.6 Å². The highest BCUT2D eigenvalue weighted by Crippen LogP contribution is 2.64. The van der Waals surface area contributed by atoms with E-state index in [1.54, 1.807) is 0 Å². The Bertz CT molecular complexity index is 616. The molecule has 3 saturated carbocycles. The second-order valence-electron chi connectivity index (χ2n) is 9.15. The van der Waals surface area contributed by atoms with Crippen LogP contribution in [-0.2, 0) is 14.3 Å². The van der Waals surface area contributed by atoms with Gasteiger partial charge in [-0.1, -0.05) is 25.5 Å². The van der Waals surface area contributed by atoms with Gasteiger partial charge in [-0.25, -0.2) is 0 Å². The molecule has 0 N–H and O–H groups in total. The number of hydrogen-bond acceptors (Lipinski definition) is 3. The fourth-order valence-corrected chi connectivity index (χ4v) is 6.73. The Kier molecular flexibility index (Phi) is 3.71. The topological polar surface area (TPSA) is 43.4 Å². The summed E-state index contributed by atoms with van der Waals surface area (Å²) in [7, 11) is 0. The van der Waals surface area contributed by atoms with Crippen LogP contribution < -0.4 is 0 Å². The van der Waals surface area contributed by atoms with Gasteiger partial charge in [0.25, 0.3) is 0 Å². The normalized spacial score (nSPS) is 47.3. The van der Waals surface area contributed by atoms with E-state index in [1.807, 2.05) is 0 Å². The van der Waals surface area contributed by atoms with Crippen LogP contribution in [0.2, 0.25) is 0 Å². The standard InChI is InChI=1S/C21H30O3.2H2/c1-13(22)24-15-8-10-20(2)14(12-15)4-5-16-17-6-7-19(23)21(17,3)11-9-18(16)20;;/h4,15-18H,5-12H2,1-3H3;2*1H/t15-,16-,17?,18?,20-,21?;;/m0../s1. The Morgan fingerprint density at radius 2 is 1.88 bits per heavy atom. The van der Waals surface area contributed by atoms with Crippen LogP contribution in [0.5, 0.6) is 0 Å². The Morgan fingerprint density at radius 3 is 2.62 bits per heavy atom. The Labute approximate surface area is 148 Å². The fourth-order valence-electron chi connectivity index (χ4n) is 6.73. The SMILES string of the molecule is CC(=O)O[C@H]1CC[C@@]2(C)C(=CC[C@H]3C4CCC(=O)C4(C)CCC32)C1.[HH].[HH]. The van der Waals surface area contributed by atoms with Crippen molar-refractivity contribution in [1.29, 1.82) is 0 Å². The number of ketones is 1. The molecule has 0 aromatic carbocycles. The number of ether oxygens (including phenoxy) is 1. The first-order valence-electron chi connectivity index (χ1n) is 9.74. The zero-order chi connectivity index (χ0) is 17.1. The van der Waals surface area contributed by atoms with Gasteiger partial charge in [0, 0.05) is 28.0 Å². The summed E-state index contributed by atoms with van der Waals surface area (Å²) in [5, 5.41) is 0.